The van der Waals surface area contributed by atoms with Crippen molar-refractivity contribution in [1.29, 1.82) is 0 Å². The highest BCUT2D eigenvalue weighted by Gasteiger charge is 2.09. The third-order valence-electron chi connectivity index (χ3n) is 1.33. The van der Waals surface area contributed by atoms with E-state index >= 15 is 0 Å². The smallest absolute Gasteiger partial charge is 0.194 e. The maximum Gasteiger partial charge on any atom is 0.194 e. The van der Waals surface area contributed by atoms with Crippen LogP contribution in [0.25, 0.3) is 0 Å². The zero-order chi connectivity index (χ0) is 10.0. The van der Waals surface area contributed by atoms with Crippen molar-refractivity contribution in [2.24, 2.45) is 0 Å². The zero-order valence-corrected chi connectivity index (χ0v) is 7.04. The van der Waals surface area contributed by atoms with Gasteiger partial charge in [-0.25, -0.2) is 13.2 Å². The Morgan fingerprint density at radius 3 is 2.08 bits per heavy atom. The Balaban J connectivity index is 3.06. The van der Waals surface area contributed by atoms with Gasteiger partial charge in [-0.1, -0.05) is 11.1 Å². The van der Waals surface area contributed by atoms with Crippen molar-refractivity contribution in [2.45, 2.75) is 5.75 Å². The van der Waals surface area contributed by atoms with Crippen molar-refractivity contribution in [3.8, 4) is 0 Å². The fraction of sp³-hybridized carbons (Fsp3) is 0.143. The van der Waals surface area contributed by atoms with Gasteiger partial charge < -0.3 is 4.55 Å². The lowest BCUT2D eigenvalue weighted by molar-refractivity contribution is 0.445. The minimum absolute atomic E-state index is 0.121. The summed E-state index contributed by atoms with van der Waals surface area (Å²) in [7, 11) is 0. The number of halogens is 3. The molecule has 0 radical (unpaired) electrons. The van der Waals surface area contributed by atoms with Crippen LogP contribution in [0.15, 0.2) is 12.1 Å². The van der Waals surface area contributed by atoms with Crippen molar-refractivity contribution in [1.82, 2.24) is 0 Å². The van der Waals surface area contributed by atoms with Gasteiger partial charge in [0, 0.05) is 5.75 Å². The Morgan fingerprint density at radius 1 is 1.23 bits per heavy atom. The molecule has 2 nitrogen and oxygen atoms in total. The molecule has 0 heterocycles. The van der Waals surface area contributed by atoms with E-state index in [1.165, 1.54) is 0 Å². The van der Waals surface area contributed by atoms with E-state index in [2.05, 4.69) is 0 Å². The maximum atomic E-state index is 12.5. The molecule has 0 aliphatic heterocycles. The van der Waals surface area contributed by atoms with Crippen LogP contribution in [0.5, 0.6) is 0 Å². The monoisotopic (exact) mass is 209 g/mol. The zero-order valence-electron chi connectivity index (χ0n) is 6.22. The molecule has 1 aromatic carbocycles. The fourth-order valence-corrected chi connectivity index (χ4v) is 1.27. The third-order valence-corrected chi connectivity index (χ3v) is 1.90. The molecule has 0 bridgehead atoms. The van der Waals surface area contributed by atoms with Crippen LogP contribution in [-0.2, 0) is 16.8 Å². The predicted octanol–water partition coefficient (Wildman–Crippen LogP) is 1.48. The molecule has 13 heavy (non-hydrogen) atoms. The molecule has 0 aliphatic rings. The second kappa shape index (κ2) is 3.89. The molecule has 0 amide bonds. The highest BCUT2D eigenvalue weighted by molar-refractivity contribution is 7.78. The minimum Gasteiger partial charge on any atom is -0.772 e. The molecular weight excluding hydrogens is 205 g/mol. The molecule has 0 saturated heterocycles. The first-order valence-electron chi connectivity index (χ1n) is 3.20. The maximum absolute atomic E-state index is 12.5. The van der Waals surface area contributed by atoms with Crippen LogP contribution >= 0.6 is 0 Å². The van der Waals surface area contributed by atoms with Gasteiger partial charge in [-0.3, -0.25) is 4.21 Å². The highest BCUT2D eigenvalue weighted by Crippen LogP contribution is 2.14. The summed E-state index contributed by atoms with van der Waals surface area (Å²) < 4.78 is 57.6. The molecule has 72 valence electrons. The molecule has 1 rings (SSSR count). The van der Waals surface area contributed by atoms with E-state index in [0.29, 0.717) is 12.1 Å². The number of hydrogen-bond donors (Lipinski definition) is 0. The van der Waals surface area contributed by atoms with Crippen molar-refractivity contribution in [3.05, 3.63) is 35.1 Å². The Bertz CT molecular complexity index is 331. The van der Waals surface area contributed by atoms with E-state index in [4.69, 9.17) is 0 Å². The van der Waals surface area contributed by atoms with E-state index in [0.717, 1.165) is 0 Å². The molecule has 0 saturated carbocycles. The topological polar surface area (TPSA) is 40.1 Å². The molecule has 0 spiro atoms. The van der Waals surface area contributed by atoms with Crippen molar-refractivity contribution >= 4 is 11.1 Å². The van der Waals surface area contributed by atoms with Crippen LogP contribution in [0.2, 0.25) is 0 Å². The van der Waals surface area contributed by atoms with Gasteiger partial charge >= 0.3 is 0 Å². The predicted molar refractivity (Wildman–Crippen MR) is 38.9 cm³/mol. The summed E-state index contributed by atoms with van der Waals surface area (Å²) in [6, 6.07) is 1.29. The lowest BCUT2D eigenvalue weighted by atomic mass is 10.2. The first kappa shape index (κ1) is 10.2. The fourth-order valence-electron chi connectivity index (χ4n) is 0.827. The van der Waals surface area contributed by atoms with Gasteiger partial charge in [0.1, 0.15) is 0 Å². The van der Waals surface area contributed by atoms with Gasteiger partial charge in [0.2, 0.25) is 0 Å². The Kier molecular flexibility index (Phi) is 3.05. The largest absolute Gasteiger partial charge is 0.772 e. The second-order valence-electron chi connectivity index (χ2n) is 2.32. The molecule has 1 atom stereocenters. The van der Waals surface area contributed by atoms with Gasteiger partial charge in [0.25, 0.3) is 0 Å². The average Bonchev–Trinajstić information content (AvgIpc) is 1.98. The van der Waals surface area contributed by atoms with E-state index in [1.54, 1.807) is 0 Å². The van der Waals surface area contributed by atoms with Gasteiger partial charge in [-0.05, 0) is 17.7 Å². The van der Waals surface area contributed by atoms with Crippen LogP contribution in [0.3, 0.4) is 0 Å². The van der Waals surface area contributed by atoms with Crippen LogP contribution in [0.4, 0.5) is 13.2 Å². The Labute approximate surface area is 74.7 Å². The van der Waals surface area contributed by atoms with Gasteiger partial charge in [-0.2, -0.15) is 0 Å². The highest BCUT2D eigenvalue weighted by atomic mass is 32.2. The molecule has 0 aromatic heterocycles. The summed E-state index contributed by atoms with van der Waals surface area (Å²) in [5.41, 5.74) is -0.121. The molecule has 0 fully saturated rings. The Hall–Kier alpha value is -0.880. The number of hydrogen-bond acceptors (Lipinski definition) is 2. The first-order chi connectivity index (χ1) is 6.00. The molecular formula is C7H4F3O2S-. The molecule has 1 unspecified atom stereocenters. The third kappa shape index (κ3) is 2.53. The van der Waals surface area contributed by atoms with Crippen molar-refractivity contribution < 1.29 is 21.9 Å². The average molecular weight is 209 g/mol. The van der Waals surface area contributed by atoms with E-state index < -0.39 is 34.3 Å². The molecule has 6 heteroatoms. The quantitative estimate of drug-likeness (QED) is 0.546. The summed E-state index contributed by atoms with van der Waals surface area (Å²) in [4.78, 5) is 0. The lowest BCUT2D eigenvalue weighted by Crippen LogP contribution is -1.98. The number of benzene rings is 1. The van der Waals surface area contributed by atoms with Crippen LogP contribution in [0.1, 0.15) is 5.56 Å². The number of rotatable bonds is 2. The van der Waals surface area contributed by atoms with Gasteiger partial charge in [0.05, 0.1) is 0 Å². The van der Waals surface area contributed by atoms with Crippen LogP contribution < -0.4 is 0 Å². The molecule has 0 aliphatic carbocycles. The molecule has 0 N–H and O–H groups in total. The van der Waals surface area contributed by atoms with E-state index in [-0.39, 0.29) is 5.56 Å². The van der Waals surface area contributed by atoms with Crippen molar-refractivity contribution in [2.75, 3.05) is 0 Å². The SMILES string of the molecule is O=S([O-])Cc1cc(F)c(F)c(F)c1. The normalized spacial score (nSPS) is 12.9. The summed E-state index contributed by atoms with van der Waals surface area (Å²) in [5, 5.41) is 0. The second-order valence-corrected chi connectivity index (χ2v) is 3.22. The standard InChI is InChI=1S/C7H5F3O2S/c8-5-1-4(3-13(11)12)2-6(9)7(5)10/h1-2H,3H2,(H,11,12)/p-1. The van der Waals surface area contributed by atoms with E-state index in [9.17, 15) is 21.9 Å². The van der Waals surface area contributed by atoms with Gasteiger partial charge in [-0.15, -0.1) is 0 Å². The molecule has 1 aromatic rings. The lowest BCUT2D eigenvalue weighted by Gasteiger charge is -2.05. The van der Waals surface area contributed by atoms with E-state index in [1.807, 2.05) is 0 Å². The van der Waals surface area contributed by atoms with Crippen LogP contribution in [-0.4, -0.2) is 8.76 Å². The first-order valence-corrected chi connectivity index (χ1v) is 4.44. The summed E-state index contributed by atoms with van der Waals surface area (Å²) in [5.74, 6) is -4.91. The summed E-state index contributed by atoms with van der Waals surface area (Å²) in [6.45, 7) is 0. The summed E-state index contributed by atoms with van der Waals surface area (Å²) >= 11 is -2.45. The summed E-state index contributed by atoms with van der Waals surface area (Å²) in [6.07, 6.45) is 0. The van der Waals surface area contributed by atoms with Crippen molar-refractivity contribution in [3.63, 3.8) is 0 Å². The van der Waals surface area contributed by atoms with Crippen LogP contribution in [0, 0.1) is 17.5 Å². The Morgan fingerprint density at radius 2 is 1.69 bits per heavy atom. The minimum atomic E-state index is -2.45. The van der Waals surface area contributed by atoms with Gasteiger partial charge in [0.15, 0.2) is 17.5 Å².